The summed E-state index contributed by atoms with van der Waals surface area (Å²) in [6.07, 6.45) is 3.97. The lowest BCUT2D eigenvalue weighted by atomic mass is 10.2. The number of carbonyl (C=O) groups excluding carboxylic acids is 1. The minimum absolute atomic E-state index is 0.497. The zero-order valence-corrected chi connectivity index (χ0v) is 12.0. The molecule has 2 aromatic heterocycles. The lowest BCUT2D eigenvalue weighted by Crippen LogP contribution is -2.07. The van der Waals surface area contributed by atoms with E-state index in [2.05, 4.69) is 25.5 Å². The first-order chi connectivity index (χ1) is 10.8. The fraction of sp³-hybridized carbons (Fsp3) is 0.133. The monoisotopic (exact) mass is 294 g/mol. The predicted molar refractivity (Wildman–Crippen MR) is 81.2 cm³/mol. The molecule has 0 aliphatic carbocycles. The average Bonchev–Trinajstić information content (AvgIpc) is 2.95. The lowest BCUT2D eigenvalue weighted by Gasteiger charge is -2.07. The summed E-state index contributed by atoms with van der Waals surface area (Å²) in [7, 11) is 1.89. The van der Waals surface area contributed by atoms with Crippen LogP contribution in [0.5, 0.6) is 0 Å². The second-order valence-corrected chi connectivity index (χ2v) is 4.69. The highest BCUT2D eigenvalue weighted by atomic mass is 16.1. The Labute approximate surface area is 127 Å². The van der Waals surface area contributed by atoms with Crippen LogP contribution in [-0.2, 0) is 13.6 Å². The Morgan fingerprint density at radius 2 is 2.18 bits per heavy atom. The third-order valence-corrected chi connectivity index (χ3v) is 3.25. The third-order valence-electron chi connectivity index (χ3n) is 3.25. The van der Waals surface area contributed by atoms with Gasteiger partial charge in [-0.2, -0.15) is 0 Å². The molecule has 0 saturated carbocycles. The highest BCUT2D eigenvalue weighted by Crippen LogP contribution is 2.15. The first kappa shape index (κ1) is 13.9. The number of nitrogens with one attached hydrogen (secondary N) is 1. The number of anilines is 1. The fourth-order valence-electron chi connectivity index (χ4n) is 2.06. The molecule has 0 aliphatic rings. The van der Waals surface area contributed by atoms with Crippen molar-refractivity contribution in [3.05, 3.63) is 54.2 Å². The van der Waals surface area contributed by atoms with E-state index in [-0.39, 0.29) is 0 Å². The largest absolute Gasteiger partial charge is 0.378 e. The Balaban J connectivity index is 1.76. The summed E-state index contributed by atoms with van der Waals surface area (Å²) in [6, 6.07) is 9.06. The number of rotatable bonds is 5. The standard InChI is InChI=1S/C15H14N6O/c1-21-14(8-17-12-4-2-3-11(7-12)9-22)19-20-15(21)13-5-6-16-10-18-13/h2-7,9-10,17H,8H2,1H3. The van der Waals surface area contributed by atoms with Crippen LogP contribution in [0.1, 0.15) is 16.2 Å². The van der Waals surface area contributed by atoms with Crippen LogP contribution in [0.2, 0.25) is 0 Å². The molecule has 3 aromatic rings. The number of benzene rings is 1. The van der Waals surface area contributed by atoms with Gasteiger partial charge in [0.1, 0.15) is 18.3 Å². The molecule has 1 aromatic carbocycles. The van der Waals surface area contributed by atoms with Gasteiger partial charge >= 0.3 is 0 Å². The summed E-state index contributed by atoms with van der Waals surface area (Å²) in [5.74, 6) is 1.45. The van der Waals surface area contributed by atoms with Gasteiger partial charge in [0.15, 0.2) is 11.6 Å². The first-order valence-electron chi connectivity index (χ1n) is 6.71. The summed E-state index contributed by atoms with van der Waals surface area (Å²) in [4.78, 5) is 18.8. The Kier molecular flexibility index (Phi) is 3.86. The molecule has 7 heteroatoms. The molecule has 3 rings (SSSR count). The van der Waals surface area contributed by atoms with Crippen LogP contribution in [0, 0.1) is 0 Å². The van der Waals surface area contributed by atoms with Gasteiger partial charge in [-0.1, -0.05) is 12.1 Å². The Morgan fingerprint density at radius 3 is 2.95 bits per heavy atom. The van der Waals surface area contributed by atoms with E-state index in [0.29, 0.717) is 17.9 Å². The van der Waals surface area contributed by atoms with Gasteiger partial charge in [0, 0.05) is 24.5 Å². The van der Waals surface area contributed by atoms with E-state index in [4.69, 9.17) is 0 Å². The summed E-state index contributed by atoms with van der Waals surface area (Å²) in [5.41, 5.74) is 2.21. The van der Waals surface area contributed by atoms with E-state index < -0.39 is 0 Å². The molecule has 0 bridgehead atoms. The van der Waals surface area contributed by atoms with Gasteiger partial charge in [0.25, 0.3) is 0 Å². The molecule has 0 unspecified atom stereocenters. The molecule has 2 heterocycles. The quantitative estimate of drug-likeness (QED) is 0.721. The Morgan fingerprint density at radius 1 is 1.27 bits per heavy atom. The van der Waals surface area contributed by atoms with Gasteiger partial charge in [-0.25, -0.2) is 9.97 Å². The molecule has 0 saturated heterocycles. The van der Waals surface area contributed by atoms with Crippen molar-refractivity contribution < 1.29 is 4.79 Å². The fourth-order valence-corrected chi connectivity index (χ4v) is 2.06. The van der Waals surface area contributed by atoms with Gasteiger partial charge < -0.3 is 9.88 Å². The van der Waals surface area contributed by atoms with Crippen molar-refractivity contribution >= 4 is 12.0 Å². The smallest absolute Gasteiger partial charge is 0.182 e. The van der Waals surface area contributed by atoms with E-state index in [1.54, 1.807) is 24.4 Å². The summed E-state index contributed by atoms with van der Waals surface area (Å²) in [5, 5.41) is 11.6. The number of hydrogen-bond acceptors (Lipinski definition) is 6. The molecule has 0 aliphatic heterocycles. The maximum Gasteiger partial charge on any atom is 0.182 e. The maximum atomic E-state index is 10.8. The number of aromatic nitrogens is 5. The second-order valence-electron chi connectivity index (χ2n) is 4.69. The molecular formula is C15H14N6O. The maximum absolute atomic E-state index is 10.8. The number of hydrogen-bond donors (Lipinski definition) is 1. The minimum Gasteiger partial charge on any atom is -0.378 e. The van der Waals surface area contributed by atoms with E-state index in [0.717, 1.165) is 23.5 Å². The van der Waals surface area contributed by atoms with Crippen LogP contribution in [0.15, 0.2) is 42.9 Å². The van der Waals surface area contributed by atoms with Crippen molar-refractivity contribution in [2.45, 2.75) is 6.54 Å². The van der Waals surface area contributed by atoms with Crippen molar-refractivity contribution in [2.24, 2.45) is 7.05 Å². The van der Waals surface area contributed by atoms with Gasteiger partial charge in [-0.15, -0.1) is 10.2 Å². The SMILES string of the molecule is Cn1c(CNc2cccc(C=O)c2)nnc1-c1ccncn1. The molecule has 7 nitrogen and oxygen atoms in total. The molecule has 0 fully saturated rings. The number of aldehydes is 1. The molecule has 1 N–H and O–H groups in total. The lowest BCUT2D eigenvalue weighted by molar-refractivity contribution is 0.112. The van der Waals surface area contributed by atoms with E-state index >= 15 is 0 Å². The zero-order valence-electron chi connectivity index (χ0n) is 12.0. The summed E-state index contributed by atoms with van der Waals surface area (Å²) >= 11 is 0. The van der Waals surface area contributed by atoms with Crippen LogP contribution in [0.4, 0.5) is 5.69 Å². The first-order valence-corrected chi connectivity index (χ1v) is 6.71. The molecule has 22 heavy (non-hydrogen) atoms. The van der Waals surface area contributed by atoms with Crippen molar-refractivity contribution in [3.8, 4) is 11.5 Å². The number of carbonyl (C=O) groups is 1. The summed E-state index contributed by atoms with van der Waals surface area (Å²) < 4.78 is 1.87. The number of nitrogens with zero attached hydrogens (tertiary/aromatic N) is 5. The van der Waals surface area contributed by atoms with Gasteiger partial charge in [-0.05, 0) is 18.2 Å². The average molecular weight is 294 g/mol. The Hall–Kier alpha value is -3.09. The van der Waals surface area contributed by atoms with Gasteiger partial charge in [0.2, 0.25) is 0 Å². The minimum atomic E-state index is 0.497. The molecular weight excluding hydrogens is 280 g/mol. The van der Waals surface area contributed by atoms with Crippen LogP contribution in [-0.4, -0.2) is 31.0 Å². The summed E-state index contributed by atoms with van der Waals surface area (Å²) in [6.45, 7) is 0.497. The van der Waals surface area contributed by atoms with Crippen LogP contribution >= 0.6 is 0 Å². The molecule has 0 spiro atoms. The van der Waals surface area contributed by atoms with Crippen molar-refractivity contribution in [3.63, 3.8) is 0 Å². The van der Waals surface area contributed by atoms with E-state index in [9.17, 15) is 4.79 Å². The second kappa shape index (κ2) is 6.13. The van der Waals surface area contributed by atoms with Crippen LogP contribution in [0.3, 0.4) is 0 Å². The van der Waals surface area contributed by atoms with Gasteiger partial charge in [-0.3, -0.25) is 4.79 Å². The topological polar surface area (TPSA) is 85.6 Å². The highest BCUT2D eigenvalue weighted by Gasteiger charge is 2.11. The molecule has 0 atom stereocenters. The predicted octanol–water partition coefficient (Wildman–Crippen LogP) is 1.70. The van der Waals surface area contributed by atoms with Crippen molar-refractivity contribution in [1.82, 2.24) is 24.7 Å². The third kappa shape index (κ3) is 2.83. The van der Waals surface area contributed by atoms with E-state index in [1.807, 2.05) is 23.7 Å². The van der Waals surface area contributed by atoms with Crippen molar-refractivity contribution in [2.75, 3.05) is 5.32 Å². The van der Waals surface area contributed by atoms with Crippen LogP contribution < -0.4 is 5.32 Å². The highest BCUT2D eigenvalue weighted by molar-refractivity contribution is 5.76. The van der Waals surface area contributed by atoms with Crippen LogP contribution in [0.25, 0.3) is 11.5 Å². The zero-order chi connectivity index (χ0) is 15.4. The van der Waals surface area contributed by atoms with E-state index in [1.165, 1.54) is 6.33 Å². The van der Waals surface area contributed by atoms with Gasteiger partial charge in [0.05, 0.1) is 6.54 Å². The normalized spacial score (nSPS) is 10.4. The van der Waals surface area contributed by atoms with Crippen molar-refractivity contribution in [1.29, 1.82) is 0 Å². The molecule has 0 amide bonds. The molecule has 0 radical (unpaired) electrons. The Bertz CT molecular complexity index is 784. The molecule has 110 valence electrons.